The molecule has 0 radical (unpaired) electrons. The third kappa shape index (κ3) is 2.28. The van der Waals surface area contributed by atoms with Gasteiger partial charge in [0.2, 0.25) is 0 Å². The number of thiophene rings is 1. The van der Waals surface area contributed by atoms with Crippen LogP contribution in [0.3, 0.4) is 0 Å². The minimum Gasteiger partial charge on any atom is -0.544 e. The van der Waals surface area contributed by atoms with Crippen LogP contribution in [0.1, 0.15) is 6.92 Å². The molecule has 0 aliphatic heterocycles. The Morgan fingerprint density at radius 3 is 2.79 bits per heavy atom. The van der Waals surface area contributed by atoms with Crippen LogP contribution in [0.25, 0.3) is 4.72 Å². The van der Waals surface area contributed by atoms with Crippen LogP contribution in [-0.4, -0.2) is 22.1 Å². The standard InChI is InChI=1S/C7H9BrNO3S2/c1-3-9-14(10,11)7-6(12-2)5(8)4-13-7/h4H,3H2,1-2H3/q-1. The quantitative estimate of drug-likeness (QED) is 0.858. The summed E-state index contributed by atoms with van der Waals surface area (Å²) in [4.78, 5) is 0. The maximum Gasteiger partial charge on any atom is 0.160 e. The van der Waals surface area contributed by atoms with Gasteiger partial charge in [0.1, 0.15) is 14.2 Å². The van der Waals surface area contributed by atoms with Gasteiger partial charge in [-0.2, -0.15) is 0 Å². The maximum absolute atomic E-state index is 11.6. The van der Waals surface area contributed by atoms with E-state index in [1.54, 1.807) is 12.3 Å². The smallest absolute Gasteiger partial charge is 0.160 e. The van der Waals surface area contributed by atoms with Gasteiger partial charge in [0.05, 0.1) is 11.6 Å². The van der Waals surface area contributed by atoms with Crippen LogP contribution in [0.15, 0.2) is 14.1 Å². The van der Waals surface area contributed by atoms with Gasteiger partial charge in [0.25, 0.3) is 0 Å². The van der Waals surface area contributed by atoms with E-state index >= 15 is 0 Å². The van der Waals surface area contributed by atoms with Crippen LogP contribution in [0.5, 0.6) is 5.75 Å². The van der Waals surface area contributed by atoms with Crippen molar-refractivity contribution in [2.45, 2.75) is 11.1 Å². The zero-order valence-corrected chi connectivity index (χ0v) is 10.9. The number of nitrogens with zero attached hydrogens (tertiary/aromatic N) is 1. The van der Waals surface area contributed by atoms with E-state index in [0.29, 0.717) is 10.2 Å². The molecule has 0 amide bonds. The fraction of sp³-hybridized carbons (Fsp3) is 0.429. The molecule has 14 heavy (non-hydrogen) atoms. The van der Waals surface area contributed by atoms with Crippen LogP contribution in [0.2, 0.25) is 0 Å². The van der Waals surface area contributed by atoms with Crippen LogP contribution >= 0.6 is 27.3 Å². The fourth-order valence-corrected chi connectivity index (χ4v) is 4.09. The van der Waals surface area contributed by atoms with Crippen LogP contribution in [0.4, 0.5) is 0 Å². The van der Waals surface area contributed by atoms with E-state index in [4.69, 9.17) is 4.74 Å². The molecule has 0 aliphatic carbocycles. The molecule has 80 valence electrons. The van der Waals surface area contributed by atoms with Crippen LogP contribution in [0, 0.1) is 0 Å². The molecule has 0 atom stereocenters. The number of methoxy groups -OCH3 is 1. The summed E-state index contributed by atoms with van der Waals surface area (Å²) in [6.07, 6.45) is 0. The van der Waals surface area contributed by atoms with Crippen molar-refractivity contribution in [3.8, 4) is 5.75 Å². The van der Waals surface area contributed by atoms with E-state index in [9.17, 15) is 8.42 Å². The minimum absolute atomic E-state index is 0.147. The highest BCUT2D eigenvalue weighted by Crippen LogP contribution is 2.39. The summed E-state index contributed by atoms with van der Waals surface area (Å²) in [6.45, 7) is 1.91. The molecule has 0 spiro atoms. The highest BCUT2D eigenvalue weighted by atomic mass is 79.9. The van der Waals surface area contributed by atoms with E-state index in [1.165, 1.54) is 7.11 Å². The highest BCUT2D eigenvalue weighted by molar-refractivity contribution is 9.10. The van der Waals surface area contributed by atoms with Gasteiger partial charge in [-0.25, -0.2) is 8.42 Å². The zero-order chi connectivity index (χ0) is 10.8. The SMILES string of the molecule is CC[N-]S(=O)(=O)c1scc(Br)c1OC. The molecule has 7 heteroatoms. The van der Waals surface area contributed by atoms with Gasteiger partial charge in [0, 0.05) is 5.38 Å². The molecule has 0 aliphatic rings. The Kier molecular flexibility index (Phi) is 3.94. The first kappa shape index (κ1) is 12.0. The molecule has 0 N–H and O–H groups in total. The number of rotatable bonds is 4. The molecule has 1 aromatic rings. The molecule has 0 aromatic carbocycles. The molecular formula is C7H9BrNO3S2-. The van der Waals surface area contributed by atoms with E-state index in [0.717, 1.165) is 11.3 Å². The molecule has 0 unspecified atom stereocenters. The van der Waals surface area contributed by atoms with Crippen LogP contribution in [-0.2, 0) is 10.0 Å². The van der Waals surface area contributed by atoms with Crippen molar-refractivity contribution in [2.24, 2.45) is 0 Å². The van der Waals surface area contributed by atoms with Crippen LogP contribution < -0.4 is 4.74 Å². The number of hydrogen-bond donors (Lipinski definition) is 0. The van der Waals surface area contributed by atoms with E-state index in [1.807, 2.05) is 0 Å². The van der Waals surface area contributed by atoms with Gasteiger partial charge in [-0.3, -0.25) is 0 Å². The summed E-state index contributed by atoms with van der Waals surface area (Å²) >= 11 is 4.29. The molecule has 0 saturated carbocycles. The van der Waals surface area contributed by atoms with Crippen molar-refractivity contribution < 1.29 is 13.2 Å². The Morgan fingerprint density at radius 2 is 2.29 bits per heavy atom. The predicted octanol–water partition coefficient (Wildman–Crippen LogP) is 2.60. The lowest BCUT2D eigenvalue weighted by Crippen LogP contribution is -1.99. The normalized spacial score (nSPS) is 11.6. The van der Waals surface area contributed by atoms with Crippen molar-refractivity contribution in [3.05, 3.63) is 14.6 Å². The number of ether oxygens (including phenoxy) is 1. The highest BCUT2D eigenvalue weighted by Gasteiger charge is 2.16. The Balaban J connectivity index is 3.19. The number of sulfonamides is 1. The maximum atomic E-state index is 11.6. The summed E-state index contributed by atoms with van der Waals surface area (Å²) in [6, 6.07) is 0. The van der Waals surface area contributed by atoms with Crippen molar-refractivity contribution in [1.29, 1.82) is 0 Å². The second kappa shape index (κ2) is 4.61. The monoisotopic (exact) mass is 298 g/mol. The van der Waals surface area contributed by atoms with Gasteiger partial charge in [-0.1, -0.05) is 6.92 Å². The van der Waals surface area contributed by atoms with E-state index in [-0.39, 0.29) is 10.8 Å². The lowest BCUT2D eigenvalue weighted by Gasteiger charge is -2.16. The second-order valence-electron chi connectivity index (χ2n) is 2.32. The molecular weight excluding hydrogens is 290 g/mol. The summed E-state index contributed by atoms with van der Waals surface area (Å²) in [5.74, 6) is 0.326. The predicted molar refractivity (Wildman–Crippen MR) is 59.7 cm³/mol. The van der Waals surface area contributed by atoms with E-state index in [2.05, 4.69) is 20.7 Å². The first-order valence-electron chi connectivity index (χ1n) is 3.77. The molecule has 0 fully saturated rings. The molecule has 1 aromatic heterocycles. The molecule has 1 rings (SSSR count). The van der Waals surface area contributed by atoms with Gasteiger partial charge in [-0.05, 0) is 15.9 Å². The Labute approximate surface area is 95.5 Å². The molecule has 0 bridgehead atoms. The molecule has 4 nitrogen and oxygen atoms in total. The van der Waals surface area contributed by atoms with Crippen molar-refractivity contribution in [1.82, 2.24) is 0 Å². The van der Waals surface area contributed by atoms with Crippen molar-refractivity contribution in [2.75, 3.05) is 13.7 Å². The third-order valence-corrected chi connectivity index (χ3v) is 5.23. The largest absolute Gasteiger partial charge is 0.544 e. The first-order valence-corrected chi connectivity index (χ1v) is 6.89. The van der Waals surface area contributed by atoms with Crippen molar-refractivity contribution >= 4 is 37.3 Å². The van der Waals surface area contributed by atoms with Gasteiger partial charge in [0.15, 0.2) is 5.75 Å². The summed E-state index contributed by atoms with van der Waals surface area (Å²) in [5.41, 5.74) is 0. The summed E-state index contributed by atoms with van der Waals surface area (Å²) in [5, 5.41) is 1.66. The lowest BCUT2D eigenvalue weighted by atomic mass is 10.6. The van der Waals surface area contributed by atoms with Gasteiger partial charge in [-0.15, -0.1) is 17.9 Å². The topological polar surface area (TPSA) is 57.5 Å². The van der Waals surface area contributed by atoms with Gasteiger partial charge >= 0.3 is 0 Å². The summed E-state index contributed by atoms with van der Waals surface area (Å²) < 4.78 is 32.4. The molecule has 0 saturated heterocycles. The number of hydrogen-bond acceptors (Lipinski definition) is 4. The summed E-state index contributed by atoms with van der Waals surface area (Å²) in [7, 11) is -2.12. The average molecular weight is 299 g/mol. The minimum atomic E-state index is -3.54. The average Bonchev–Trinajstić information content (AvgIpc) is 2.47. The van der Waals surface area contributed by atoms with Gasteiger partial charge < -0.3 is 9.46 Å². The Hall–Kier alpha value is -0.110. The van der Waals surface area contributed by atoms with E-state index < -0.39 is 10.0 Å². The Morgan fingerprint density at radius 1 is 1.64 bits per heavy atom. The first-order chi connectivity index (χ1) is 6.53. The Bertz CT molecular complexity index is 413. The fourth-order valence-electron chi connectivity index (χ4n) is 0.897. The second-order valence-corrected chi connectivity index (χ2v) is 5.93. The number of halogens is 1. The lowest BCUT2D eigenvalue weighted by molar-refractivity contribution is 0.404. The molecule has 1 heterocycles. The zero-order valence-electron chi connectivity index (χ0n) is 7.65. The third-order valence-electron chi connectivity index (χ3n) is 1.41. The van der Waals surface area contributed by atoms with Crippen molar-refractivity contribution in [3.63, 3.8) is 0 Å².